The van der Waals surface area contributed by atoms with Gasteiger partial charge in [0.2, 0.25) is 0 Å². The van der Waals surface area contributed by atoms with Gasteiger partial charge in [0.25, 0.3) is 0 Å². The number of benzene rings is 2. The fraction of sp³-hybridized carbons (Fsp3) is 0.0500. The van der Waals surface area contributed by atoms with Gasteiger partial charge in [-0.1, -0.05) is 48.0 Å². The zero-order valence-electron chi connectivity index (χ0n) is 13.6. The summed E-state index contributed by atoms with van der Waals surface area (Å²) in [5, 5.41) is 2.45. The minimum absolute atomic E-state index is 0.0313. The van der Waals surface area contributed by atoms with Crippen LogP contribution < -0.4 is 0 Å². The van der Waals surface area contributed by atoms with Crippen molar-refractivity contribution in [2.45, 2.75) is 6.42 Å². The number of ketones is 1. The lowest BCUT2D eigenvalue weighted by atomic mass is 10.0. The first-order valence-electron chi connectivity index (χ1n) is 8.01. The van der Waals surface area contributed by atoms with Gasteiger partial charge >= 0.3 is 0 Å². The zero-order chi connectivity index (χ0) is 17.9. The Balaban J connectivity index is 1.51. The summed E-state index contributed by atoms with van der Waals surface area (Å²) in [4.78, 5) is 23.9. The Kier molecular flexibility index (Phi) is 4.65. The van der Waals surface area contributed by atoms with E-state index >= 15 is 0 Å². The third-order valence-corrected chi connectivity index (χ3v) is 4.84. The molecule has 0 atom stereocenters. The van der Waals surface area contributed by atoms with Gasteiger partial charge in [0.15, 0.2) is 5.78 Å². The number of hydrogen-bond acceptors (Lipinski definition) is 4. The smallest absolute Gasteiger partial charge is 0.186 e. The Morgan fingerprint density at radius 2 is 1.92 bits per heavy atom. The van der Waals surface area contributed by atoms with Gasteiger partial charge in [-0.2, -0.15) is 0 Å². The first kappa shape index (κ1) is 16.7. The number of aromatic nitrogens is 3. The molecule has 0 aliphatic carbocycles. The summed E-state index contributed by atoms with van der Waals surface area (Å²) in [5.41, 5.74) is 6.02. The fourth-order valence-corrected chi connectivity index (χ4v) is 3.43. The summed E-state index contributed by atoms with van der Waals surface area (Å²) in [5.74, 6) is 0.800. The molecule has 2 aromatic heterocycles. The van der Waals surface area contributed by atoms with E-state index in [1.165, 1.54) is 11.3 Å². The Morgan fingerprint density at radius 3 is 2.65 bits per heavy atom. The normalized spacial score (nSPS) is 10.8. The van der Waals surface area contributed by atoms with Crippen molar-refractivity contribution in [1.29, 1.82) is 0 Å². The summed E-state index contributed by atoms with van der Waals surface area (Å²) in [6.45, 7) is 0. The lowest BCUT2D eigenvalue weighted by molar-refractivity contribution is 0.0989. The van der Waals surface area contributed by atoms with Crippen LogP contribution in [-0.2, 0) is 6.42 Å². The highest BCUT2D eigenvalue weighted by Gasteiger charge is 2.10. The van der Waals surface area contributed by atoms with E-state index in [1.54, 1.807) is 17.1 Å². The molecule has 0 aliphatic rings. The summed E-state index contributed by atoms with van der Waals surface area (Å²) in [6.07, 6.45) is 2.15. The maximum atomic E-state index is 12.1. The second-order valence-electron chi connectivity index (χ2n) is 5.83. The quantitative estimate of drug-likeness (QED) is 0.480. The second kappa shape index (κ2) is 7.23. The molecule has 26 heavy (non-hydrogen) atoms. The topological polar surface area (TPSA) is 58.6 Å². The minimum Gasteiger partial charge on any atom is -0.338 e. The van der Waals surface area contributed by atoms with E-state index in [0.717, 1.165) is 28.2 Å². The van der Waals surface area contributed by atoms with E-state index in [-0.39, 0.29) is 5.78 Å². The van der Waals surface area contributed by atoms with Crippen molar-refractivity contribution in [2.75, 3.05) is 0 Å². The molecule has 4 aromatic rings. The zero-order valence-corrected chi connectivity index (χ0v) is 15.2. The van der Waals surface area contributed by atoms with Gasteiger partial charge in [-0.3, -0.25) is 4.79 Å². The molecule has 4 rings (SSSR count). The molecule has 2 heterocycles. The molecular formula is C20H14ClN3OS. The summed E-state index contributed by atoms with van der Waals surface area (Å²) >= 11 is 7.47. The largest absolute Gasteiger partial charge is 0.338 e. The molecule has 6 heteroatoms. The number of imidazole rings is 1. The first-order chi connectivity index (χ1) is 12.7. The number of Topliss-reactive ketones (excluding diaryl/α,β-unsaturated/α-hetero) is 1. The number of aromatic amines is 1. The van der Waals surface area contributed by atoms with Crippen LogP contribution in [0, 0.1) is 0 Å². The van der Waals surface area contributed by atoms with Gasteiger partial charge in [0.05, 0.1) is 17.4 Å². The van der Waals surface area contributed by atoms with Crippen molar-refractivity contribution in [3.8, 4) is 22.6 Å². The van der Waals surface area contributed by atoms with Crippen molar-refractivity contribution in [3.05, 3.63) is 81.9 Å². The number of H-pyrrole nitrogens is 1. The number of hydrogen-bond donors (Lipinski definition) is 1. The van der Waals surface area contributed by atoms with Crippen molar-refractivity contribution in [2.24, 2.45) is 0 Å². The van der Waals surface area contributed by atoms with Crippen molar-refractivity contribution in [1.82, 2.24) is 15.0 Å². The molecule has 0 unspecified atom stereocenters. The predicted molar refractivity (Wildman–Crippen MR) is 105 cm³/mol. The second-order valence-corrected chi connectivity index (χ2v) is 6.98. The van der Waals surface area contributed by atoms with Crippen LogP contribution in [0.25, 0.3) is 22.6 Å². The molecule has 0 radical (unpaired) electrons. The van der Waals surface area contributed by atoms with Gasteiger partial charge in [0.1, 0.15) is 11.5 Å². The van der Waals surface area contributed by atoms with Gasteiger partial charge < -0.3 is 4.98 Å². The SMILES string of the molecule is O=C(Cc1ccc(-c2cnc(-c3cccc(Cl)c3)[nH]2)cc1)c1cscn1. The highest BCUT2D eigenvalue weighted by Crippen LogP contribution is 2.24. The maximum Gasteiger partial charge on any atom is 0.186 e. The predicted octanol–water partition coefficient (Wildman–Crippen LogP) is 5.28. The fourth-order valence-electron chi connectivity index (χ4n) is 2.68. The Labute approximate surface area is 159 Å². The average Bonchev–Trinajstić information content (AvgIpc) is 3.35. The third-order valence-electron chi connectivity index (χ3n) is 4.02. The van der Waals surface area contributed by atoms with Gasteiger partial charge in [-0.15, -0.1) is 11.3 Å². The molecule has 0 amide bonds. The average molecular weight is 380 g/mol. The van der Waals surface area contributed by atoms with Crippen LogP contribution in [0.1, 0.15) is 16.1 Å². The van der Waals surface area contributed by atoms with E-state index in [4.69, 9.17) is 11.6 Å². The van der Waals surface area contributed by atoms with E-state index < -0.39 is 0 Å². The number of rotatable bonds is 5. The molecule has 4 nitrogen and oxygen atoms in total. The van der Waals surface area contributed by atoms with Gasteiger partial charge in [0, 0.05) is 22.4 Å². The number of halogens is 1. The molecule has 0 saturated heterocycles. The van der Waals surface area contributed by atoms with Crippen molar-refractivity contribution >= 4 is 28.7 Å². The van der Waals surface area contributed by atoms with E-state index in [9.17, 15) is 4.79 Å². The maximum absolute atomic E-state index is 12.1. The number of nitrogens with one attached hydrogen (secondary N) is 1. The number of nitrogens with zero attached hydrogens (tertiary/aromatic N) is 2. The summed E-state index contributed by atoms with van der Waals surface area (Å²) in [6, 6.07) is 15.4. The molecule has 128 valence electrons. The summed E-state index contributed by atoms with van der Waals surface area (Å²) < 4.78 is 0. The van der Waals surface area contributed by atoms with Gasteiger partial charge in [-0.05, 0) is 23.3 Å². The molecular weight excluding hydrogens is 366 g/mol. The molecule has 0 spiro atoms. The third kappa shape index (κ3) is 3.59. The Hall–Kier alpha value is -2.76. The first-order valence-corrected chi connectivity index (χ1v) is 9.33. The Morgan fingerprint density at radius 1 is 1.08 bits per heavy atom. The lowest BCUT2D eigenvalue weighted by Gasteiger charge is -2.02. The van der Waals surface area contributed by atoms with Crippen LogP contribution >= 0.6 is 22.9 Å². The molecule has 0 fully saturated rings. The number of carbonyl (C=O) groups is 1. The number of carbonyl (C=O) groups excluding carboxylic acids is 1. The van der Waals surface area contributed by atoms with Crippen LogP contribution in [-0.4, -0.2) is 20.7 Å². The van der Waals surface area contributed by atoms with Crippen molar-refractivity contribution < 1.29 is 4.79 Å². The highest BCUT2D eigenvalue weighted by molar-refractivity contribution is 7.07. The van der Waals surface area contributed by atoms with E-state index in [2.05, 4.69) is 15.0 Å². The highest BCUT2D eigenvalue weighted by atomic mass is 35.5. The van der Waals surface area contributed by atoms with Crippen LogP contribution in [0.4, 0.5) is 0 Å². The van der Waals surface area contributed by atoms with Crippen LogP contribution in [0.2, 0.25) is 5.02 Å². The molecule has 0 saturated carbocycles. The van der Waals surface area contributed by atoms with Crippen molar-refractivity contribution in [3.63, 3.8) is 0 Å². The molecule has 0 bridgehead atoms. The van der Waals surface area contributed by atoms with Crippen LogP contribution in [0.3, 0.4) is 0 Å². The Bertz CT molecular complexity index is 1040. The van der Waals surface area contributed by atoms with E-state index in [1.807, 2.05) is 48.5 Å². The minimum atomic E-state index is 0.0313. The molecule has 2 aromatic carbocycles. The summed E-state index contributed by atoms with van der Waals surface area (Å²) in [7, 11) is 0. The molecule has 1 N–H and O–H groups in total. The lowest BCUT2D eigenvalue weighted by Crippen LogP contribution is -2.03. The van der Waals surface area contributed by atoms with Crippen LogP contribution in [0.5, 0.6) is 0 Å². The molecule has 0 aliphatic heterocycles. The monoisotopic (exact) mass is 379 g/mol. The van der Waals surface area contributed by atoms with E-state index in [0.29, 0.717) is 17.1 Å². The number of thiazole rings is 1. The van der Waals surface area contributed by atoms with Crippen LogP contribution in [0.15, 0.2) is 65.6 Å². The standard InChI is InChI=1S/C20H14ClN3OS/c21-16-3-1-2-15(9-16)20-22-10-17(24-20)14-6-4-13(5-7-14)8-19(25)18-11-26-12-23-18/h1-7,9-12H,8H2,(H,22,24). The van der Waals surface area contributed by atoms with Gasteiger partial charge in [-0.25, -0.2) is 9.97 Å².